The van der Waals surface area contributed by atoms with Crippen molar-refractivity contribution in [3.05, 3.63) is 0 Å². The normalized spacial score (nSPS) is 23.1. The van der Waals surface area contributed by atoms with E-state index in [1.807, 2.05) is 6.92 Å². The fourth-order valence-electron chi connectivity index (χ4n) is 3.41. The third-order valence-electron chi connectivity index (χ3n) is 5.01. The number of nitrogens with two attached hydrogens (primary N) is 1. The quantitative estimate of drug-likeness (QED) is 0.549. The van der Waals surface area contributed by atoms with E-state index >= 15 is 0 Å². The maximum Gasteiger partial charge on any atom is 0.325 e. The number of piperidine rings is 1. The predicted octanol–water partition coefficient (Wildman–Crippen LogP) is 1.30. The van der Waals surface area contributed by atoms with Gasteiger partial charge >= 0.3 is 6.03 Å². The van der Waals surface area contributed by atoms with Crippen LogP contribution in [0.25, 0.3) is 0 Å². The number of carbonyl (C=O) groups is 2. The van der Waals surface area contributed by atoms with Crippen LogP contribution in [0.15, 0.2) is 0 Å². The number of likely N-dealkylation sites (tertiary alicyclic amines) is 1. The average Bonchev–Trinajstić information content (AvgIpc) is 2.76. The monoisotopic (exact) mass is 310 g/mol. The number of hydrogen-bond acceptors (Lipinski definition) is 4. The number of hydrogen-bond donors (Lipinski definition) is 2. The zero-order valence-electron chi connectivity index (χ0n) is 13.9. The van der Waals surface area contributed by atoms with Crippen LogP contribution in [0, 0.1) is 0 Å². The second kappa shape index (κ2) is 7.42. The van der Waals surface area contributed by atoms with E-state index in [2.05, 4.69) is 17.1 Å². The summed E-state index contributed by atoms with van der Waals surface area (Å²) >= 11 is 0. The molecule has 0 bridgehead atoms. The van der Waals surface area contributed by atoms with E-state index in [-0.39, 0.29) is 18.0 Å². The van der Waals surface area contributed by atoms with E-state index in [0.29, 0.717) is 19.4 Å². The summed E-state index contributed by atoms with van der Waals surface area (Å²) in [5.74, 6) is -0.0823. The van der Waals surface area contributed by atoms with Crippen LogP contribution < -0.4 is 11.1 Å². The molecule has 0 aliphatic carbocycles. The Bertz CT molecular complexity index is 405. The summed E-state index contributed by atoms with van der Waals surface area (Å²) in [6.45, 7) is 7.19. The van der Waals surface area contributed by atoms with Gasteiger partial charge in [0.15, 0.2) is 0 Å². The standard InChI is InChI=1S/C16H30N4O2/c1-3-4-5-6-9-19-10-7-16(8-11-19)14(21)20(13(2)12-17)15(22)18-16/h13H,3-12,17H2,1-2H3,(H,18,22). The first-order valence-corrected chi connectivity index (χ1v) is 8.62. The van der Waals surface area contributed by atoms with Crippen molar-refractivity contribution in [2.45, 2.75) is 64.0 Å². The van der Waals surface area contributed by atoms with Gasteiger partial charge in [-0.1, -0.05) is 26.2 Å². The Morgan fingerprint density at radius 1 is 1.23 bits per heavy atom. The predicted molar refractivity (Wildman–Crippen MR) is 86.4 cm³/mol. The molecule has 2 rings (SSSR count). The van der Waals surface area contributed by atoms with Gasteiger partial charge in [-0.2, -0.15) is 0 Å². The molecule has 1 spiro atoms. The molecule has 3 amide bonds. The molecule has 0 radical (unpaired) electrons. The van der Waals surface area contributed by atoms with Gasteiger partial charge in [0.1, 0.15) is 5.54 Å². The first-order valence-electron chi connectivity index (χ1n) is 8.62. The summed E-state index contributed by atoms with van der Waals surface area (Å²) in [5, 5.41) is 2.94. The molecule has 3 N–H and O–H groups in total. The highest BCUT2D eigenvalue weighted by molar-refractivity contribution is 6.07. The molecule has 1 atom stereocenters. The van der Waals surface area contributed by atoms with Gasteiger partial charge < -0.3 is 16.0 Å². The number of unbranched alkanes of at least 4 members (excludes halogenated alkanes) is 3. The van der Waals surface area contributed by atoms with Crippen LogP contribution in [0.3, 0.4) is 0 Å². The van der Waals surface area contributed by atoms with Crippen molar-refractivity contribution in [2.24, 2.45) is 5.73 Å². The summed E-state index contributed by atoms with van der Waals surface area (Å²) < 4.78 is 0. The molecular weight excluding hydrogens is 280 g/mol. The Kier molecular flexibility index (Phi) is 5.81. The van der Waals surface area contributed by atoms with Crippen molar-refractivity contribution >= 4 is 11.9 Å². The lowest BCUT2D eigenvalue weighted by molar-refractivity contribution is -0.134. The lowest BCUT2D eigenvalue weighted by Gasteiger charge is -2.37. The van der Waals surface area contributed by atoms with Gasteiger partial charge in [-0.05, 0) is 32.7 Å². The van der Waals surface area contributed by atoms with Crippen LogP contribution in [-0.4, -0.2) is 59.5 Å². The van der Waals surface area contributed by atoms with Gasteiger partial charge in [-0.3, -0.25) is 9.69 Å². The van der Waals surface area contributed by atoms with Crippen LogP contribution in [-0.2, 0) is 4.79 Å². The van der Waals surface area contributed by atoms with Crippen LogP contribution in [0.5, 0.6) is 0 Å². The number of carbonyl (C=O) groups excluding carboxylic acids is 2. The van der Waals surface area contributed by atoms with Crippen LogP contribution in [0.2, 0.25) is 0 Å². The van der Waals surface area contributed by atoms with Crippen molar-refractivity contribution in [2.75, 3.05) is 26.2 Å². The molecule has 2 fully saturated rings. The largest absolute Gasteiger partial charge is 0.328 e. The van der Waals surface area contributed by atoms with Crippen LogP contribution in [0.4, 0.5) is 4.79 Å². The third kappa shape index (κ3) is 3.43. The maximum atomic E-state index is 12.7. The van der Waals surface area contributed by atoms with Gasteiger partial charge in [-0.25, -0.2) is 4.79 Å². The summed E-state index contributed by atoms with van der Waals surface area (Å²) in [7, 11) is 0. The molecule has 6 heteroatoms. The molecule has 0 aromatic carbocycles. The Labute approximate surface area is 133 Å². The maximum absolute atomic E-state index is 12.7. The molecule has 6 nitrogen and oxygen atoms in total. The molecule has 1 unspecified atom stereocenters. The van der Waals surface area contributed by atoms with Gasteiger partial charge in [0.25, 0.3) is 5.91 Å². The number of rotatable bonds is 7. The molecule has 2 aliphatic heterocycles. The number of nitrogens with zero attached hydrogens (tertiary/aromatic N) is 2. The molecule has 22 heavy (non-hydrogen) atoms. The van der Waals surface area contributed by atoms with E-state index < -0.39 is 5.54 Å². The topological polar surface area (TPSA) is 78.7 Å². The van der Waals surface area contributed by atoms with Crippen molar-refractivity contribution in [1.29, 1.82) is 0 Å². The Hall–Kier alpha value is -1.14. The second-order valence-corrected chi connectivity index (χ2v) is 6.67. The summed E-state index contributed by atoms with van der Waals surface area (Å²) in [6, 6.07) is -0.515. The number of urea groups is 1. The first-order chi connectivity index (χ1) is 10.5. The van der Waals surface area contributed by atoms with Crippen molar-refractivity contribution in [3.63, 3.8) is 0 Å². The average molecular weight is 310 g/mol. The van der Waals surface area contributed by atoms with Crippen molar-refractivity contribution in [1.82, 2.24) is 15.1 Å². The van der Waals surface area contributed by atoms with E-state index in [9.17, 15) is 9.59 Å². The molecule has 2 heterocycles. The minimum absolute atomic E-state index is 0.0823. The fraction of sp³-hybridized carbons (Fsp3) is 0.875. The van der Waals surface area contributed by atoms with E-state index in [4.69, 9.17) is 5.73 Å². The smallest absolute Gasteiger partial charge is 0.325 e. The number of imide groups is 1. The fourth-order valence-corrected chi connectivity index (χ4v) is 3.41. The molecular formula is C16H30N4O2. The lowest BCUT2D eigenvalue weighted by Crippen LogP contribution is -2.55. The minimum Gasteiger partial charge on any atom is -0.328 e. The molecule has 126 valence electrons. The SMILES string of the molecule is CCCCCCN1CCC2(CC1)NC(=O)N(C(C)CN)C2=O. The Balaban J connectivity index is 1.87. The highest BCUT2D eigenvalue weighted by Crippen LogP contribution is 2.30. The van der Waals surface area contributed by atoms with Gasteiger partial charge in [-0.15, -0.1) is 0 Å². The Morgan fingerprint density at radius 2 is 1.91 bits per heavy atom. The lowest BCUT2D eigenvalue weighted by atomic mass is 9.87. The molecule has 0 saturated carbocycles. The van der Waals surface area contributed by atoms with Crippen LogP contribution >= 0.6 is 0 Å². The Morgan fingerprint density at radius 3 is 2.50 bits per heavy atom. The van der Waals surface area contributed by atoms with E-state index in [1.165, 1.54) is 30.6 Å². The van der Waals surface area contributed by atoms with E-state index in [1.54, 1.807) is 0 Å². The van der Waals surface area contributed by atoms with Gasteiger partial charge in [0, 0.05) is 19.6 Å². The third-order valence-corrected chi connectivity index (χ3v) is 5.01. The van der Waals surface area contributed by atoms with Crippen molar-refractivity contribution < 1.29 is 9.59 Å². The zero-order valence-corrected chi connectivity index (χ0v) is 13.9. The highest BCUT2D eigenvalue weighted by Gasteiger charge is 2.53. The molecule has 2 aliphatic rings. The summed E-state index contributed by atoms with van der Waals surface area (Å²) in [5.41, 5.74) is 4.93. The first kappa shape index (κ1) is 17.2. The van der Waals surface area contributed by atoms with Crippen LogP contribution in [0.1, 0.15) is 52.4 Å². The zero-order chi connectivity index (χ0) is 16.2. The number of nitrogens with one attached hydrogen (secondary N) is 1. The van der Waals surface area contributed by atoms with Gasteiger partial charge in [0.2, 0.25) is 0 Å². The molecule has 0 aromatic rings. The number of amides is 3. The molecule has 2 saturated heterocycles. The van der Waals surface area contributed by atoms with E-state index in [0.717, 1.165) is 19.6 Å². The minimum atomic E-state index is -0.680. The van der Waals surface area contributed by atoms with Gasteiger partial charge in [0.05, 0.1) is 6.04 Å². The highest BCUT2D eigenvalue weighted by atomic mass is 16.2. The summed E-state index contributed by atoms with van der Waals surface area (Å²) in [4.78, 5) is 28.5. The van der Waals surface area contributed by atoms with Crippen molar-refractivity contribution in [3.8, 4) is 0 Å². The summed E-state index contributed by atoms with van der Waals surface area (Å²) in [6.07, 6.45) is 6.45. The molecule has 0 aromatic heterocycles. The second-order valence-electron chi connectivity index (χ2n) is 6.67.